The number of hydrogen-bond acceptors (Lipinski definition) is 2. The zero-order chi connectivity index (χ0) is 12.7. The highest BCUT2D eigenvalue weighted by atomic mass is 19.1. The number of halogens is 1. The van der Waals surface area contributed by atoms with Gasteiger partial charge in [0.25, 0.3) is 0 Å². The summed E-state index contributed by atoms with van der Waals surface area (Å²) < 4.78 is 18.7. The maximum Gasteiger partial charge on any atom is 0.131 e. The first-order valence-electron chi connectivity index (χ1n) is 6.21. The van der Waals surface area contributed by atoms with Crippen LogP contribution in [0.3, 0.4) is 0 Å². The molecule has 1 rings (SSSR count). The predicted octanol–water partition coefficient (Wildman–Crippen LogP) is 3.36. The fourth-order valence-corrected chi connectivity index (χ4v) is 1.67. The molecule has 0 amide bonds. The molecule has 0 radical (unpaired) electrons. The van der Waals surface area contributed by atoms with Crippen molar-refractivity contribution in [1.82, 2.24) is 5.32 Å². The van der Waals surface area contributed by atoms with Gasteiger partial charge < -0.3 is 10.1 Å². The van der Waals surface area contributed by atoms with E-state index in [0.29, 0.717) is 23.8 Å². The Morgan fingerprint density at radius 3 is 2.82 bits per heavy atom. The van der Waals surface area contributed by atoms with Crippen LogP contribution in [0.1, 0.15) is 32.3 Å². The van der Waals surface area contributed by atoms with Gasteiger partial charge in [-0.05, 0) is 31.0 Å². The average Bonchev–Trinajstić information content (AvgIpc) is 2.35. The highest BCUT2D eigenvalue weighted by molar-refractivity contribution is 5.34. The molecule has 0 aliphatic carbocycles. The molecule has 0 bridgehead atoms. The molecule has 1 N–H and O–H groups in total. The summed E-state index contributed by atoms with van der Waals surface area (Å²) in [5, 5.41) is 3.26. The lowest BCUT2D eigenvalue weighted by Crippen LogP contribution is -2.18. The van der Waals surface area contributed by atoms with Crippen LogP contribution in [-0.4, -0.2) is 13.7 Å². The Morgan fingerprint density at radius 2 is 2.18 bits per heavy atom. The number of rotatable bonds is 7. The molecule has 0 heterocycles. The topological polar surface area (TPSA) is 21.3 Å². The van der Waals surface area contributed by atoms with E-state index in [1.165, 1.54) is 12.5 Å². The molecule has 0 saturated carbocycles. The van der Waals surface area contributed by atoms with Gasteiger partial charge in [-0.3, -0.25) is 0 Å². The number of nitrogens with one attached hydrogen (secondary N) is 1. The molecule has 1 aromatic carbocycles. The zero-order valence-electron chi connectivity index (χ0n) is 10.9. The molecule has 0 aliphatic rings. The monoisotopic (exact) mass is 239 g/mol. The summed E-state index contributed by atoms with van der Waals surface area (Å²) in [6.07, 6.45) is 2.30. The summed E-state index contributed by atoms with van der Waals surface area (Å²) in [5.41, 5.74) is 0.610. The first-order chi connectivity index (χ1) is 8.19. The van der Waals surface area contributed by atoms with Crippen molar-refractivity contribution in [3.63, 3.8) is 0 Å². The van der Waals surface area contributed by atoms with Crippen LogP contribution in [0.4, 0.5) is 4.39 Å². The largest absolute Gasteiger partial charge is 0.496 e. The lowest BCUT2D eigenvalue weighted by Gasteiger charge is -2.12. The van der Waals surface area contributed by atoms with E-state index in [0.717, 1.165) is 13.0 Å². The van der Waals surface area contributed by atoms with Crippen LogP contribution < -0.4 is 10.1 Å². The van der Waals surface area contributed by atoms with Crippen LogP contribution in [-0.2, 0) is 6.54 Å². The highest BCUT2D eigenvalue weighted by Gasteiger charge is 2.08. The maximum absolute atomic E-state index is 13.6. The first kappa shape index (κ1) is 14.0. The van der Waals surface area contributed by atoms with Crippen molar-refractivity contribution in [2.24, 2.45) is 5.92 Å². The summed E-state index contributed by atoms with van der Waals surface area (Å²) in [5.74, 6) is 1.12. The molecule has 1 aromatic rings. The van der Waals surface area contributed by atoms with Crippen LogP contribution >= 0.6 is 0 Å². The second-order valence-electron chi connectivity index (χ2n) is 4.40. The van der Waals surface area contributed by atoms with Gasteiger partial charge in [-0.2, -0.15) is 0 Å². The van der Waals surface area contributed by atoms with Gasteiger partial charge in [0.05, 0.1) is 7.11 Å². The molecular weight excluding hydrogens is 217 g/mol. The van der Waals surface area contributed by atoms with Gasteiger partial charge in [0, 0.05) is 12.1 Å². The van der Waals surface area contributed by atoms with Crippen molar-refractivity contribution in [3.8, 4) is 5.75 Å². The van der Waals surface area contributed by atoms with Crippen LogP contribution in [0.2, 0.25) is 0 Å². The van der Waals surface area contributed by atoms with Gasteiger partial charge in [-0.1, -0.05) is 26.3 Å². The molecule has 0 aromatic heterocycles. The summed E-state index contributed by atoms with van der Waals surface area (Å²) in [7, 11) is 1.57. The van der Waals surface area contributed by atoms with Gasteiger partial charge in [0.1, 0.15) is 11.6 Å². The van der Waals surface area contributed by atoms with Gasteiger partial charge >= 0.3 is 0 Å². The zero-order valence-corrected chi connectivity index (χ0v) is 10.9. The molecule has 2 nitrogen and oxygen atoms in total. The van der Waals surface area contributed by atoms with E-state index in [2.05, 4.69) is 19.2 Å². The SMILES string of the molecule is CC[C@H](C)CCNCc1c(F)cccc1OC. The number of hydrogen-bond donors (Lipinski definition) is 1. The second kappa shape index (κ2) is 7.28. The average molecular weight is 239 g/mol. The van der Waals surface area contributed by atoms with Crippen molar-refractivity contribution in [2.75, 3.05) is 13.7 Å². The third-order valence-electron chi connectivity index (χ3n) is 3.11. The fraction of sp³-hybridized carbons (Fsp3) is 0.571. The summed E-state index contributed by atoms with van der Waals surface area (Å²) in [4.78, 5) is 0. The lowest BCUT2D eigenvalue weighted by molar-refractivity contribution is 0.400. The molecule has 0 aliphatic heterocycles. The van der Waals surface area contributed by atoms with Crippen molar-refractivity contribution >= 4 is 0 Å². The molecule has 96 valence electrons. The second-order valence-corrected chi connectivity index (χ2v) is 4.40. The van der Waals surface area contributed by atoms with E-state index >= 15 is 0 Å². The van der Waals surface area contributed by atoms with Crippen LogP contribution in [0.25, 0.3) is 0 Å². The van der Waals surface area contributed by atoms with Gasteiger partial charge in [-0.25, -0.2) is 4.39 Å². The third-order valence-corrected chi connectivity index (χ3v) is 3.11. The molecule has 17 heavy (non-hydrogen) atoms. The molecule has 0 unspecified atom stereocenters. The van der Waals surface area contributed by atoms with E-state index in [1.807, 2.05) is 0 Å². The molecule has 3 heteroatoms. The van der Waals surface area contributed by atoms with Crippen molar-refractivity contribution in [2.45, 2.75) is 33.2 Å². The maximum atomic E-state index is 13.6. The first-order valence-corrected chi connectivity index (χ1v) is 6.21. The lowest BCUT2D eigenvalue weighted by atomic mass is 10.1. The minimum atomic E-state index is -0.208. The highest BCUT2D eigenvalue weighted by Crippen LogP contribution is 2.20. The number of benzene rings is 1. The Kier molecular flexibility index (Phi) is 5.98. The minimum absolute atomic E-state index is 0.208. The van der Waals surface area contributed by atoms with Gasteiger partial charge in [-0.15, -0.1) is 0 Å². The van der Waals surface area contributed by atoms with E-state index in [1.54, 1.807) is 19.2 Å². The Labute approximate surface area is 103 Å². The quantitative estimate of drug-likeness (QED) is 0.737. The van der Waals surface area contributed by atoms with E-state index in [4.69, 9.17) is 4.74 Å². The van der Waals surface area contributed by atoms with Crippen molar-refractivity contribution < 1.29 is 9.13 Å². The molecule has 1 atom stereocenters. The Morgan fingerprint density at radius 1 is 1.41 bits per heavy atom. The van der Waals surface area contributed by atoms with E-state index < -0.39 is 0 Å². The number of methoxy groups -OCH3 is 1. The van der Waals surface area contributed by atoms with Crippen LogP contribution in [0, 0.1) is 11.7 Å². The number of ether oxygens (including phenoxy) is 1. The Bertz CT molecular complexity index is 341. The van der Waals surface area contributed by atoms with E-state index in [-0.39, 0.29) is 5.82 Å². The third kappa shape index (κ3) is 4.35. The van der Waals surface area contributed by atoms with Gasteiger partial charge in [0.15, 0.2) is 0 Å². The molecule has 0 spiro atoms. The fourth-order valence-electron chi connectivity index (χ4n) is 1.67. The van der Waals surface area contributed by atoms with Crippen molar-refractivity contribution in [1.29, 1.82) is 0 Å². The van der Waals surface area contributed by atoms with Gasteiger partial charge in [0.2, 0.25) is 0 Å². The predicted molar refractivity (Wildman–Crippen MR) is 68.7 cm³/mol. The normalized spacial score (nSPS) is 12.5. The van der Waals surface area contributed by atoms with E-state index in [9.17, 15) is 4.39 Å². The Balaban J connectivity index is 2.46. The summed E-state index contributed by atoms with van der Waals surface area (Å²) in [6.45, 7) is 5.84. The molecule has 0 fully saturated rings. The molecule has 0 saturated heterocycles. The minimum Gasteiger partial charge on any atom is -0.496 e. The smallest absolute Gasteiger partial charge is 0.131 e. The summed E-state index contributed by atoms with van der Waals surface area (Å²) >= 11 is 0. The van der Waals surface area contributed by atoms with Crippen LogP contribution in [0.15, 0.2) is 18.2 Å². The van der Waals surface area contributed by atoms with Crippen molar-refractivity contribution in [3.05, 3.63) is 29.6 Å². The molecular formula is C14H22FNO. The standard InChI is InChI=1S/C14H22FNO/c1-4-11(2)8-9-16-10-12-13(15)6-5-7-14(12)17-3/h5-7,11,16H,4,8-10H2,1-3H3/t11-/m0/s1. The summed E-state index contributed by atoms with van der Waals surface area (Å²) in [6, 6.07) is 4.92. The Hall–Kier alpha value is -1.09. The van der Waals surface area contributed by atoms with Crippen LogP contribution in [0.5, 0.6) is 5.75 Å².